The van der Waals surface area contributed by atoms with Gasteiger partial charge in [0.05, 0.1) is 5.56 Å². The summed E-state index contributed by atoms with van der Waals surface area (Å²) in [6.45, 7) is 2.65. The molecule has 0 aliphatic heterocycles. The number of carboxylic acid groups (broad SMARTS) is 1. The molecule has 1 heterocycles. The summed E-state index contributed by atoms with van der Waals surface area (Å²) in [7, 11) is 0. The predicted octanol–water partition coefficient (Wildman–Crippen LogP) is 2.48. The lowest BCUT2D eigenvalue weighted by molar-refractivity contribution is -0.137. The van der Waals surface area contributed by atoms with E-state index in [1.165, 1.54) is 6.20 Å². The second kappa shape index (κ2) is 9.07. The third kappa shape index (κ3) is 6.31. The van der Waals surface area contributed by atoms with Gasteiger partial charge < -0.3 is 10.4 Å². The summed E-state index contributed by atoms with van der Waals surface area (Å²) < 4.78 is 0. The summed E-state index contributed by atoms with van der Waals surface area (Å²) in [6, 6.07) is 3.44. The van der Waals surface area contributed by atoms with Crippen molar-refractivity contribution in [2.24, 2.45) is 5.92 Å². The molecule has 1 unspecified atom stereocenters. The summed E-state index contributed by atoms with van der Waals surface area (Å²) in [5.74, 6) is -0.539. The van der Waals surface area contributed by atoms with Gasteiger partial charge in [-0.2, -0.15) is 0 Å². The molecule has 0 radical (unpaired) electrons. The van der Waals surface area contributed by atoms with Crippen LogP contribution in [0.3, 0.4) is 0 Å². The van der Waals surface area contributed by atoms with E-state index in [0.717, 1.165) is 19.3 Å². The molecule has 0 spiro atoms. The maximum absolute atomic E-state index is 11.8. The zero-order valence-corrected chi connectivity index (χ0v) is 11.8. The highest BCUT2D eigenvalue weighted by atomic mass is 16.4. The third-order valence-corrected chi connectivity index (χ3v) is 3.23. The molecular formula is C15H22N2O3. The van der Waals surface area contributed by atoms with Gasteiger partial charge in [0.1, 0.15) is 0 Å². The number of amides is 1. The monoisotopic (exact) mass is 278 g/mol. The molecule has 2 N–H and O–H groups in total. The van der Waals surface area contributed by atoms with Crippen molar-refractivity contribution in [3.8, 4) is 0 Å². The number of rotatable bonds is 9. The van der Waals surface area contributed by atoms with Crippen LogP contribution in [0.5, 0.6) is 0 Å². The van der Waals surface area contributed by atoms with E-state index in [0.29, 0.717) is 24.4 Å². The molecule has 0 saturated heterocycles. The largest absolute Gasteiger partial charge is 0.481 e. The van der Waals surface area contributed by atoms with Gasteiger partial charge in [-0.05, 0) is 30.9 Å². The van der Waals surface area contributed by atoms with Gasteiger partial charge in [0.2, 0.25) is 0 Å². The van der Waals surface area contributed by atoms with Crippen molar-refractivity contribution in [2.75, 3.05) is 6.54 Å². The average Bonchev–Trinajstić information content (AvgIpc) is 2.45. The zero-order valence-electron chi connectivity index (χ0n) is 11.8. The Hall–Kier alpha value is -1.91. The molecule has 20 heavy (non-hydrogen) atoms. The molecule has 0 bridgehead atoms. The molecule has 1 aromatic rings. The minimum absolute atomic E-state index is 0.133. The maximum atomic E-state index is 11.8. The fourth-order valence-electron chi connectivity index (χ4n) is 2.16. The number of carboxylic acids is 1. The highest BCUT2D eigenvalue weighted by Gasteiger charge is 2.11. The minimum Gasteiger partial charge on any atom is -0.481 e. The molecule has 0 aliphatic carbocycles. The predicted molar refractivity (Wildman–Crippen MR) is 76.5 cm³/mol. The SMILES string of the molecule is CCCC(CCNC(=O)c1cccnc1)CCC(=O)O. The number of nitrogens with one attached hydrogen (secondary N) is 1. The Morgan fingerprint density at radius 2 is 2.15 bits per heavy atom. The first-order valence-corrected chi connectivity index (χ1v) is 7.03. The molecular weight excluding hydrogens is 256 g/mol. The van der Waals surface area contributed by atoms with Crippen molar-refractivity contribution < 1.29 is 14.7 Å². The summed E-state index contributed by atoms with van der Waals surface area (Å²) in [5, 5.41) is 11.6. The van der Waals surface area contributed by atoms with Crippen LogP contribution in [0.4, 0.5) is 0 Å². The van der Waals surface area contributed by atoms with Crippen molar-refractivity contribution >= 4 is 11.9 Å². The number of hydrogen-bond acceptors (Lipinski definition) is 3. The van der Waals surface area contributed by atoms with E-state index in [9.17, 15) is 9.59 Å². The van der Waals surface area contributed by atoms with E-state index in [4.69, 9.17) is 5.11 Å². The lowest BCUT2D eigenvalue weighted by atomic mass is 9.94. The summed E-state index contributed by atoms with van der Waals surface area (Å²) in [5.41, 5.74) is 0.546. The van der Waals surface area contributed by atoms with Crippen LogP contribution in [-0.2, 0) is 4.79 Å². The zero-order chi connectivity index (χ0) is 14.8. The van der Waals surface area contributed by atoms with Crippen molar-refractivity contribution in [2.45, 2.75) is 39.0 Å². The van der Waals surface area contributed by atoms with Gasteiger partial charge in [-0.3, -0.25) is 14.6 Å². The van der Waals surface area contributed by atoms with Gasteiger partial charge in [0, 0.05) is 25.4 Å². The van der Waals surface area contributed by atoms with Gasteiger partial charge >= 0.3 is 5.97 Å². The Morgan fingerprint density at radius 1 is 1.35 bits per heavy atom. The second-order valence-corrected chi connectivity index (χ2v) is 4.87. The van der Waals surface area contributed by atoms with Crippen LogP contribution in [0.15, 0.2) is 24.5 Å². The van der Waals surface area contributed by atoms with Crippen LogP contribution < -0.4 is 5.32 Å². The molecule has 0 fully saturated rings. The lowest BCUT2D eigenvalue weighted by Gasteiger charge is -2.15. The molecule has 5 nitrogen and oxygen atoms in total. The van der Waals surface area contributed by atoms with Crippen LogP contribution in [0.2, 0.25) is 0 Å². The number of aromatic nitrogens is 1. The minimum atomic E-state index is -0.759. The van der Waals surface area contributed by atoms with Crippen LogP contribution in [0, 0.1) is 5.92 Å². The highest BCUT2D eigenvalue weighted by Crippen LogP contribution is 2.17. The molecule has 110 valence electrons. The van der Waals surface area contributed by atoms with E-state index in [-0.39, 0.29) is 12.3 Å². The molecule has 1 atom stereocenters. The van der Waals surface area contributed by atoms with Crippen LogP contribution in [0.1, 0.15) is 49.4 Å². The summed E-state index contributed by atoms with van der Waals surface area (Å²) in [4.78, 5) is 26.3. The molecule has 5 heteroatoms. The number of aliphatic carboxylic acids is 1. The van der Waals surface area contributed by atoms with Gasteiger partial charge in [-0.25, -0.2) is 0 Å². The standard InChI is InChI=1S/C15H22N2O3/c1-2-4-12(6-7-14(18)19)8-10-17-15(20)13-5-3-9-16-11-13/h3,5,9,11-12H,2,4,6-8,10H2,1H3,(H,17,20)(H,18,19). The number of carbonyl (C=O) groups is 2. The van der Waals surface area contributed by atoms with E-state index >= 15 is 0 Å². The fraction of sp³-hybridized carbons (Fsp3) is 0.533. The van der Waals surface area contributed by atoms with Crippen molar-refractivity contribution in [1.82, 2.24) is 10.3 Å². The Labute approximate surface area is 119 Å². The topological polar surface area (TPSA) is 79.3 Å². The number of hydrogen-bond donors (Lipinski definition) is 2. The van der Waals surface area contributed by atoms with Gasteiger partial charge in [-0.1, -0.05) is 19.8 Å². The summed E-state index contributed by atoms with van der Waals surface area (Å²) >= 11 is 0. The van der Waals surface area contributed by atoms with Gasteiger partial charge in [-0.15, -0.1) is 0 Å². The molecule has 1 amide bonds. The first-order chi connectivity index (χ1) is 9.63. The first kappa shape index (κ1) is 16.1. The van der Waals surface area contributed by atoms with Crippen molar-refractivity contribution in [1.29, 1.82) is 0 Å². The van der Waals surface area contributed by atoms with Crippen LogP contribution in [0.25, 0.3) is 0 Å². The third-order valence-electron chi connectivity index (χ3n) is 3.23. The quantitative estimate of drug-likeness (QED) is 0.727. The summed E-state index contributed by atoms with van der Waals surface area (Å²) in [6.07, 6.45) is 6.86. The molecule has 0 saturated carbocycles. The average molecular weight is 278 g/mol. The highest BCUT2D eigenvalue weighted by molar-refractivity contribution is 5.93. The van der Waals surface area contributed by atoms with Gasteiger partial charge in [0.15, 0.2) is 0 Å². The Bertz CT molecular complexity index is 420. The van der Waals surface area contributed by atoms with Crippen molar-refractivity contribution in [3.63, 3.8) is 0 Å². The normalized spacial score (nSPS) is 11.8. The van der Waals surface area contributed by atoms with Crippen LogP contribution >= 0.6 is 0 Å². The van der Waals surface area contributed by atoms with Crippen molar-refractivity contribution in [3.05, 3.63) is 30.1 Å². The maximum Gasteiger partial charge on any atom is 0.303 e. The molecule has 1 rings (SSSR count). The molecule has 0 aliphatic rings. The molecule has 0 aromatic carbocycles. The number of nitrogens with zero attached hydrogens (tertiary/aromatic N) is 1. The Kier molecular flexibility index (Phi) is 7.32. The lowest BCUT2D eigenvalue weighted by Crippen LogP contribution is -2.26. The van der Waals surface area contributed by atoms with Crippen LogP contribution in [-0.4, -0.2) is 28.5 Å². The molecule has 1 aromatic heterocycles. The fourth-order valence-corrected chi connectivity index (χ4v) is 2.16. The van der Waals surface area contributed by atoms with E-state index in [1.807, 2.05) is 0 Å². The number of pyridine rings is 1. The van der Waals surface area contributed by atoms with E-state index in [2.05, 4.69) is 17.2 Å². The van der Waals surface area contributed by atoms with E-state index < -0.39 is 5.97 Å². The first-order valence-electron chi connectivity index (χ1n) is 7.03. The Morgan fingerprint density at radius 3 is 2.75 bits per heavy atom. The van der Waals surface area contributed by atoms with Gasteiger partial charge in [0.25, 0.3) is 5.91 Å². The smallest absolute Gasteiger partial charge is 0.303 e. The second-order valence-electron chi connectivity index (χ2n) is 4.87. The Balaban J connectivity index is 2.32. The number of carbonyl (C=O) groups excluding carboxylic acids is 1. The van der Waals surface area contributed by atoms with E-state index in [1.54, 1.807) is 18.3 Å².